The van der Waals surface area contributed by atoms with Gasteiger partial charge < -0.3 is 5.73 Å². The number of nitrogen functional groups attached to an aromatic ring is 1. The van der Waals surface area contributed by atoms with E-state index in [1.165, 1.54) is 11.0 Å². The summed E-state index contributed by atoms with van der Waals surface area (Å²) in [7, 11) is 1.59. The van der Waals surface area contributed by atoms with Crippen LogP contribution < -0.4 is 11.1 Å². The summed E-state index contributed by atoms with van der Waals surface area (Å²) in [6.45, 7) is 0. The lowest BCUT2D eigenvalue weighted by atomic mass is 10.2. The van der Waals surface area contributed by atoms with E-state index in [0.29, 0.717) is 4.47 Å². The van der Waals surface area contributed by atoms with Crippen LogP contribution in [0.25, 0.3) is 0 Å². The maximum Gasteiger partial charge on any atom is 0.270 e. The van der Waals surface area contributed by atoms with Gasteiger partial charge in [-0.3, -0.25) is 10.1 Å². The molecule has 2 heterocycles. The van der Waals surface area contributed by atoms with E-state index >= 15 is 0 Å². The highest BCUT2D eigenvalue weighted by molar-refractivity contribution is 9.10. The summed E-state index contributed by atoms with van der Waals surface area (Å²) in [6, 6.07) is 1.56. The van der Waals surface area contributed by atoms with Gasteiger partial charge in [0.1, 0.15) is 5.82 Å². The van der Waals surface area contributed by atoms with E-state index < -0.39 is 5.91 Å². The number of anilines is 2. The fraction of sp³-hybridized carbons (Fsp3) is 0.125. The molecule has 2 aromatic heterocycles. The normalized spacial score (nSPS) is 10.2. The van der Waals surface area contributed by atoms with Gasteiger partial charge in [-0.15, -0.1) is 5.10 Å². The fourth-order valence-corrected chi connectivity index (χ4v) is 1.47. The van der Waals surface area contributed by atoms with Gasteiger partial charge in [0.25, 0.3) is 11.9 Å². The van der Waals surface area contributed by atoms with Gasteiger partial charge in [-0.2, -0.15) is 4.80 Å². The predicted molar refractivity (Wildman–Crippen MR) is 63.1 cm³/mol. The van der Waals surface area contributed by atoms with E-state index in [1.54, 1.807) is 13.1 Å². The number of rotatable bonds is 2. The van der Waals surface area contributed by atoms with Gasteiger partial charge in [0.2, 0.25) is 0 Å². The molecule has 0 aliphatic carbocycles. The summed E-state index contributed by atoms with van der Waals surface area (Å²) in [4.78, 5) is 16.9. The Labute approximate surface area is 104 Å². The number of aromatic nitrogens is 5. The lowest BCUT2D eigenvalue weighted by Gasteiger charge is -2.03. The van der Waals surface area contributed by atoms with Gasteiger partial charge in [-0.05, 0) is 27.2 Å². The summed E-state index contributed by atoms with van der Waals surface area (Å²) < 4.78 is 0.656. The van der Waals surface area contributed by atoms with Crippen molar-refractivity contribution in [3.05, 3.63) is 22.3 Å². The van der Waals surface area contributed by atoms with Crippen LogP contribution >= 0.6 is 15.9 Å². The molecule has 3 N–H and O–H groups in total. The van der Waals surface area contributed by atoms with Crippen molar-refractivity contribution in [3.8, 4) is 0 Å². The van der Waals surface area contributed by atoms with Gasteiger partial charge in [0, 0.05) is 10.7 Å². The Hall–Kier alpha value is -2.03. The van der Waals surface area contributed by atoms with Crippen molar-refractivity contribution in [1.82, 2.24) is 25.2 Å². The van der Waals surface area contributed by atoms with E-state index in [-0.39, 0.29) is 17.3 Å². The quantitative estimate of drug-likeness (QED) is 0.819. The van der Waals surface area contributed by atoms with Gasteiger partial charge in [0.15, 0.2) is 0 Å². The Morgan fingerprint density at radius 3 is 3.00 bits per heavy atom. The van der Waals surface area contributed by atoms with Crippen molar-refractivity contribution in [2.45, 2.75) is 0 Å². The SMILES string of the molecule is Cn1nnc(NC(=O)c2cc(Br)cnc2N)n1. The monoisotopic (exact) mass is 297 g/mol. The maximum absolute atomic E-state index is 11.8. The number of hydrogen-bond acceptors (Lipinski definition) is 6. The van der Waals surface area contributed by atoms with Crippen LogP contribution in [-0.2, 0) is 7.05 Å². The second kappa shape index (κ2) is 4.45. The Balaban J connectivity index is 2.22. The summed E-state index contributed by atoms with van der Waals surface area (Å²) in [6.07, 6.45) is 1.51. The lowest BCUT2D eigenvalue weighted by Crippen LogP contribution is -2.16. The highest BCUT2D eigenvalue weighted by atomic mass is 79.9. The highest BCUT2D eigenvalue weighted by Crippen LogP contribution is 2.16. The van der Waals surface area contributed by atoms with Crippen LogP contribution in [0.1, 0.15) is 10.4 Å². The first kappa shape index (κ1) is 11.5. The molecule has 0 unspecified atom stereocenters. The number of tetrazole rings is 1. The number of aryl methyl sites for hydroxylation is 1. The number of hydrogen-bond donors (Lipinski definition) is 2. The van der Waals surface area contributed by atoms with E-state index in [1.807, 2.05) is 0 Å². The molecule has 2 rings (SSSR count). The number of nitrogens with zero attached hydrogens (tertiary/aromatic N) is 5. The van der Waals surface area contributed by atoms with Crippen LogP contribution in [0.15, 0.2) is 16.7 Å². The number of nitrogens with two attached hydrogens (primary N) is 1. The average molecular weight is 298 g/mol. The zero-order valence-corrected chi connectivity index (χ0v) is 10.3. The highest BCUT2D eigenvalue weighted by Gasteiger charge is 2.13. The van der Waals surface area contributed by atoms with Crippen molar-refractivity contribution in [1.29, 1.82) is 0 Å². The summed E-state index contributed by atoms with van der Waals surface area (Å²) in [5.74, 6) is -0.198. The first-order valence-corrected chi connectivity index (χ1v) is 5.32. The van der Waals surface area contributed by atoms with Crippen molar-refractivity contribution < 1.29 is 4.79 Å². The summed E-state index contributed by atoms with van der Waals surface area (Å²) in [5, 5.41) is 13.5. The molecule has 0 bridgehead atoms. The molecule has 0 atom stereocenters. The van der Waals surface area contributed by atoms with E-state index in [4.69, 9.17) is 5.73 Å². The van der Waals surface area contributed by atoms with E-state index in [2.05, 4.69) is 41.6 Å². The molecule has 0 aliphatic rings. The number of halogens is 1. The third kappa shape index (κ3) is 2.56. The Kier molecular flexibility index (Phi) is 3.00. The zero-order valence-electron chi connectivity index (χ0n) is 8.75. The van der Waals surface area contributed by atoms with E-state index in [0.717, 1.165) is 0 Å². The maximum atomic E-state index is 11.8. The third-order valence-electron chi connectivity index (χ3n) is 1.86. The molecule has 0 spiro atoms. The molecule has 0 fully saturated rings. The Morgan fingerprint density at radius 1 is 1.59 bits per heavy atom. The minimum atomic E-state index is -0.440. The van der Waals surface area contributed by atoms with Crippen LogP contribution in [0.4, 0.5) is 11.8 Å². The van der Waals surface area contributed by atoms with Gasteiger partial charge >= 0.3 is 0 Å². The molecular formula is C8H8BrN7O. The fourth-order valence-electron chi connectivity index (χ4n) is 1.13. The van der Waals surface area contributed by atoms with Gasteiger partial charge in [-0.1, -0.05) is 5.10 Å². The number of pyridine rings is 1. The number of carbonyl (C=O) groups excluding carboxylic acids is 1. The Bertz CT molecular complexity index is 567. The molecule has 0 saturated carbocycles. The molecular weight excluding hydrogens is 290 g/mol. The van der Waals surface area contributed by atoms with Crippen LogP contribution in [0.3, 0.4) is 0 Å². The molecule has 2 aromatic rings. The predicted octanol–water partition coefficient (Wildman–Crippen LogP) is 0.202. The number of amides is 1. The molecule has 1 amide bonds. The molecule has 0 aromatic carbocycles. The van der Waals surface area contributed by atoms with Crippen molar-refractivity contribution in [2.24, 2.45) is 7.05 Å². The smallest absolute Gasteiger partial charge is 0.270 e. The van der Waals surface area contributed by atoms with Crippen molar-refractivity contribution in [3.63, 3.8) is 0 Å². The minimum absolute atomic E-state index is 0.108. The van der Waals surface area contributed by atoms with Crippen molar-refractivity contribution in [2.75, 3.05) is 11.1 Å². The number of carbonyl (C=O) groups is 1. The van der Waals surface area contributed by atoms with Gasteiger partial charge in [-0.25, -0.2) is 4.98 Å². The zero-order chi connectivity index (χ0) is 12.4. The standard InChI is InChI=1S/C8H8BrN7O/c1-16-14-8(13-15-16)12-7(17)5-2-4(9)3-11-6(5)10/h2-3H,1H3,(H2,10,11)(H,12,14,17). The minimum Gasteiger partial charge on any atom is -0.383 e. The van der Waals surface area contributed by atoms with Crippen LogP contribution in [-0.4, -0.2) is 31.1 Å². The molecule has 0 radical (unpaired) electrons. The average Bonchev–Trinajstić information content (AvgIpc) is 2.67. The molecule has 88 valence electrons. The molecule has 0 aliphatic heterocycles. The largest absolute Gasteiger partial charge is 0.383 e. The third-order valence-corrected chi connectivity index (χ3v) is 2.30. The summed E-state index contributed by atoms with van der Waals surface area (Å²) >= 11 is 3.21. The molecule has 17 heavy (non-hydrogen) atoms. The first-order valence-electron chi connectivity index (χ1n) is 4.52. The van der Waals surface area contributed by atoms with E-state index in [9.17, 15) is 4.79 Å². The van der Waals surface area contributed by atoms with Crippen molar-refractivity contribution >= 4 is 33.6 Å². The number of nitrogens with one attached hydrogen (secondary N) is 1. The molecule has 8 nitrogen and oxygen atoms in total. The Morgan fingerprint density at radius 2 is 2.35 bits per heavy atom. The van der Waals surface area contributed by atoms with Gasteiger partial charge in [0.05, 0.1) is 12.6 Å². The lowest BCUT2D eigenvalue weighted by molar-refractivity contribution is 0.102. The van der Waals surface area contributed by atoms with Crippen LogP contribution in [0.2, 0.25) is 0 Å². The first-order chi connectivity index (χ1) is 8.06. The van der Waals surface area contributed by atoms with Crippen LogP contribution in [0, 0.1) is 0 Å². The molecule has 9 heteroatoms. The second-order valence-corrected chi connectivity index (χ2v) is 4.06. The molecule has 0 saturated heterocycles. The summed E-state index contributed by atoms with van der Waals surface area (Å²) in [5.41, 5.74) is 5.84. The topological polar surface area (TPSA) is 112 Å². The van der Waals surface area contributed by atoms with Crippen LogP contribution in [0.5, 0.6) is 0 Å². The second-order valence-electron chi connectivity index (χ2n) is 3.14.